The normalized spacial score (nSPS) is 10.2. The molecule has 0 N–H and O–H groups in total. The van der Waals surface area contributed by atoms with Crippen LogP contribution in [0.2, 0.25) is 0 Å². The van der Waals surface area contributed by atoms with Crippen molar-refractivity contribution >= 4 is 11.9 Å². The molecule has 0 atom stereocenters. The van der Waals surface area contributed by atoms with Gasteiger partial charge in [-0.2, -0.15) is 0 Å². The van der Waals surface area contributed by atoms with Crippen molar-refractivity contribution in [3.8, 4) is 0 Å². The third-order valence-corrected chi connectivity index (χ3v) is 2.91. The first kappa shape index (κ1) is 16.9. The van der Waals surface area contributed by atoms with Crippen LogP contribution < -0.4 is 0 Å². The number of hydrogen-bond donors (Lipinski definition) is 0. The SMILES string of the molecule is CCCCCCN(CCC(=O)OC)C(=O)CCC. The monoisotopic (exact) mass is 257 g/mol. The smallest absolute Gasteiger partial charge is 0.307 e. The number of amides is 1. The number of carbonyl (C=O) groups is 2. The van der Waals surface area contributed by atoms with Crippen molar-refractivity contribution in [2.24, 2.45) is 0 Å². The molecular weight excluding hydrogens is 230 g/mol. The summed E-state index contributed by atoms with van der Waals surface area (Å²) in [7, 11) is 1.38. The van der Waals surface area contributed by atoms with Gasteiger partial charge in [0.2, 0.25) is 5.91 Å². The van der Waals surface area contributed by atoms with Crippen LogP contribution in [0.1, 0.15) is 58.8 Å². The summed E-state index contributed by atoms with van der Waals surface area (Å²) in [6, 6.07) is 0. The summed E-state index contributed by atoms with van der Waals surface area (Å²) < 4.78 is 4.61. The fourth-order valence-corrected chi connectivity index (χ4v) is 1.79. The van der Waals surface area contributed by atoms with Gasteiger partial charge in [0.15, 0.2) is 0 Å². The van der Waals surface area contributed by atoms with Gasteiger partial charge >= 0.3 is 5.97 Å². The largest absolute Gasteiger partial charge is 0.469 e. The first-order valence-corrected chi connectivity index (χ1v) is 7.00. The first-order valence-electron chi connectivity index (χ1n) is 7.00. The summed E-state index contributed by atoms with van der Waals surface area (Å²) in [5.41, 5.74) is 0. The van der Waals surface area contributed by atoms with Gasteiger partial charge < -0.3 is 9.64 Å². The maximum atomic E-state index is 11.9. The molecule has 0 aliphatic heterocycles. The third kappa shape index (κ3) is 8.09. The third-order valence-electron chi connectivity index (χ3n) is 2.91. The fraction of sp³-hybridized carbons (Fsp3) is 0.857. The van der Waals surface area contributed by atoms with Gasteiger partial charge in [-0.05, 0) is 12.8 Å². The minimum Gasteiger partial charge on any atom is -0.469 e. The van der Waals surface area contributed by atoms with E-state index in [0.717, 1.165) is 25.8 Å². The Kier molecular flexibility index (Phi) is 10.4. The van der Waals surface area contributed by atoms with Gasteiger partial charge in [0.1, 0.15) is 0 Å². The van der Waals surface area contributed by atoms with Crippen molar-refractivity contribution in [2.75, 3.05) is 20.2 Å². The van der Waals surface area contributed by atoms with Crippen LogP contribution in [0.3, 0.4) is 0 Å². The van der Waals surface area contributed by atoms with Gasteiger partial charge in [0, 0.05) is 19.5 Å². The highest BCUT2D eigenvalue weighted by Gasteiger charge is 2.13. The molecule has 0 aromatic carbocycles. The average molecular weight is 257 g/mol. The van der Waals surface area contributed by atoms with Gasteiger partial charge in [0.25, 0.3) is 0 Å². The number of unbranched alkanes of at least 4 members (excludes halogenated alkanes) is 3. The summed E-state index contributed by atoms with van der Waals surface area (Å²) in [6.45, 7) is 5.40. The summed E-state index contributed by atoms with van der Waals surface area (Å²) >= 11 is 0. The van der Waals surface area contributed by atoms with Crippen molar-refractivity contribution in [1.82, 2.24) is 4.90 Å². The topological polar surface area (TPSA) is 46.6 Å². The van der Waals surface area contributed by atoms with Crippen LogP contribution >= 0.6 is 0 Å². The summed E-state index contributed by atoms with van der Waals surface area (Å²) in [4.78, 5) is 24.8. The highest BCUT2D eigenvalue weighted by atomic mass is 16.5. The van der Waals surface area contributed by atoms with Crippen molar-refractivity contribution in [3.05, 3.63) is 0 Å². The van der Waals surface area contributed by atoms with Gasteiger partial charge in [-0.15, -0.1) is 0 Å². The van der Waals surface area contributed by atoms with Crippen molar-refractivity contribution < 1.29 is 14.3 Å². The highest BCUT2D eigenvalue weighted by molar-refractivity contribution is 5.77. The zero-order valence-corrected chi connectivity index (χ0v) is 12.0. The second-order valence-corrected chi connectivity index (χ2v) is 4.52. The van der Waals surface area contributed by atoms with E-state index >= 15 is 0 Å². The van der Waals surface area contributed by atoms with Crippen LogP contribution in [0, 0.1) is 0 Å². The van der Waals surface area contributed by atoms with E-state index in [1.54, 1.807) is 4.90 Å². The lowest BCUT2D eigenvalue weighted by Crippen LogP contribution is -2.33. The van der Waals surface area contributed by atoms with E-state index in [4.69, 9.17) is 0 Å². The molecule has 18 heavy (non-hydrogen) atoms. The molecule has 1 amide bonds. The molecule has 0 aromatic heterocycles. The Morgan fingerprint density at radius 1 is 0.944 bits per heavy atom. The van der Waals surface area contributed by atoms with Crippen molar-refractivity contribution in [3.63, 3.8) is 0 Å². The Bertz CT molecular complexity index is 241. The molecule has 4 nitrogen and oxygen atoms in total. The summed E-state index contributed by atoms with van der Waals surface area (Å²) in [5.74, 6) is -0.101. The minimum absolute atomic E-state index is 0.151. The van der Waals surface area contributed by atoms with Gasteiger partial charge in [-0.3, -0.25) is 9.59 Å². The molecule has 0 saturated heterocycles. The summed E-state index contributed by atoms with van der Waals surface area (Å²) in [5, 5.41) is 0. The number of nitrogens with zero attached hydrogens (tertiary/aromatic N) is 1. The van der Waals surface area contributed by atoms with Crippen LogP contribution in [0.5, 0.6) is 0 Å². The highest BCUT2D eigenvalue weighted by Crippen LogP contribution is 2.05. The Balaban J connectivity index is 4.07. The molecule has 0 unspecified atom stereocenters. The van der Waals surface area contributed by atoms with Gasteiger partial charge in [-0.1, -0.05) is 33.1 Å². The molecule has 106 valence electrons. The second kappa shape index (κ2) is 11.1. The molecule has 0 heterocycles. The molecule has 0 fully saturated rings. The minimum atomic E-state index is -0.252. The fourth-order valence-electron chi connectivity index (χ4n) is 1.79. The van der Waals surface area contributed by atoms with Crippen LogP contribution in [0.4, 0.5) is 0 Å². The number of rotatable bonds is 10. The Morgan fingerprint density at radius 3 is 2.22 bits per heavy atom. The maximum absolute atomic E-state index is 11.9. The maximum Gasteiger partial charge on any atom is 0.307 e. The number of ether oxygens (including phenoxy) is 1. The number of methoxy groups -OCH3 is 1. The Labute approximate surface area is 111 Å². The van der Waals surface area contributed by atoms with E-state index in [-0.39, 0.29) is 11.9 Å². The van der Waals surface area contributed by atoms with Crippen LogP contribution in [0.25, 0.3) is 0 Å². The molecule has 0 rings (SSSR count). The first-order chi connectivity index (χ1) is 8.65. The van der Waals surface area contributed by atoms with E-state index in [1.165, 1.54) is 20.0 Å². The van der Waals surface area contributed by atoms with E-state index < -0.39 is 0 Å². The van der Waals surface area contributed by atoms with Gasteiger partial charge in [0.05, 0.1) is 13.5 Å². The van der Waals surface area contributed by atoms with E-state index in [9.17, 15) is 9.59 Å². The lowest BCUT2D eigenvalue weighted by Gasteiger charge is -2.22. The molecule has 0 aliphatic rings. The number of esters is 1. The van der Waals surface area contributed by atoms with Crippen molar-refractivity contribution in [2.45, 2.75) is 58.8 Å². The number of carbonyl (C=O) groups excluding carboxylic acids is 2. The van der Waals surface area contributed by atoms with E-state index in [1.807, 2.05) is 6.92 Å². The second-order valence-electron chi connectivity index (χ2n) is 4.52. The quantitative estimate of drug-likeness (QED) is 0.446. The molecule has 0 spiro atoms. The average Bonchev–Trinajstić information content (AvgIpc) is 2.37. The predicted molar refractivity (Wildman–Crippen MR) is 72.3 cm³/mol. The molecule has 0 bridgehead atoms. The lowest BCUT2D eigenvalue weighted by molar-refractivity contribution is -0.141. The molecule has 4 heteroatoms. The number of hydrogen-bond acceptors (Lipinski definition) is 3. The van der Waals surface area contributed by atoms with Crippen LogP contribution in [0.15, 0.2) is 0 Å². The van der Waals surface area contributed by atoms with Crippen LogP contribution in [-0.4, -0.2) is 37.0 Å². The summed E-state index contributed by atoms with van der Waals surface area (Å²) in [6.07, 6.45) is 6.25. The molecule has 0 aromatic rings. The molecule has 0 aliphatic carbocycles. The Hall–Kier alpha value is -1.06. The Morgan fingerprint density at radius 2 is 1.67 bits per heavy atom. The van der Waals surface area contributed by atoms with Gasteiger partial charge in [-0.25, -0.2) is 0 Å². The molecule has 0 saturated carbocycles. The zero-order valence-electron chi connectivity index (χ0n) is 12.0. The van der Waals surface area contributed by atoms with Crippen molar-refractivity contribution in [1.29, 1.82) is 0 Å². The standard InChI is InChI=1S/C14H27NO3/c1-4-6-7-8-11-15(13(16)9-5-2)12-10-14(17)18-3/h4-12H2,1-3H3. The lowest BCUT2D eigenvalue weighted by atomic mass is 10.2. The predicted octanol–water partition coefficient (Wildman–Crippen LogP) is 2.76. The van der Waals surface area contributed by atoms with E-state index in [2.05, 4.69) is 11.7 Å². The van der Waals surface area contributed by atoms with E-state index in [0.29, 0.717) is 19.4 Å². The molecular formula is C14H27NO3. The van der Waals surface area contributed by atoms with Crippen LogP contribution in [-0.2, 0) is 14.3 Å². The molecule has 0 radical (unpaired) electrons. The zero-order chi connectivity index (χ0) is 13.8.